The van der Waals surface area contributed by atoms with E-state index in [0.717, 1.165) is 0 Å². The van der Waals surface area contributed by atoms with Gasteiger partial charge in [-0.2, -0.15) is 0 Å². The third-order valence-electron chi connectivity index (χ3n) is 2.59. The van der Waals surface area contributed by atoms with E-state index < -0.39 is 6.10 Å². The van der Waals surface area contributed by atoms with Crippen molar-refractivity contribution >= 4 is 11.9 Å². The van der Waals surface area contributed by atoms with E-state index in [2.05, 4.69) is 4.98 Å². The zero-order chi connectivity index (χ0) is 15.0. The van der Waals surface area contributed by atoms with E-state index >= 15 is 0 Å². The minimum atomic E-state index is -0.664. The Balaban J connectivity index is 2.69. The Hall–Kier alpha value is -1.95. The number of rotatable bonds is 7. The first-order valence-electron chi connectivity index (χ1n) is 6.57. The second kappa shape index (κ2) is 8.27. The normalized spacial score (nSPS) is 11.8. The van der Waals surface area contributed by atoms with Crippen LogP contribution in [-0.2, 0) is 9.53 Å². The van der Waals surface area contributed by atoms with Crippen LogP contribution in [0.25, 0.3) is 0 Å². The van der Waals surface area contributed by atoms with E-state index in [-0.39, 0.29) is 31.4 Å². The number of aromatic nitrogens is 1. The summed E-state index contributed by atoms with van der Waals surface area (Å²) < 4.78 is 4.83. The van der Waals surface area contributed by atoms with Gasteiger partial charge in [-0.3, -0.25) is 14.6 Å². The number of amides is 1. The van der Waals surface area contributed by atoms with Gasteiger partial charge in [-0.25, -0.2) is 0 Å². The van der Waals surface area contributed by atoms with E-state index in [4.69, 9.17) is 4.74 Å². The summed E-state index contributed by atoms with van der Waals surface area (Å²) >= 11 is 0. The van der Waals surface area contributed by atoms with Gasteiger partial charge in [0.1, 0.15) is 0 Å². The number of carbonyl (C=O) groups excluding carboxylic acids is 2. The zero-order valence-electron chi connectivity index (χ0n) is 11.8. The topological polar surface area (TPSA) is 79.7 Å². The van der Waals surface area contributed by atoms with Crippen LogP contribution in [-0.4, -0.2) is 52.7 Å². The molecule has 1 atom stereocenters. The van der Waals surface area contributed by atoms with E-state index in [0.29, 0.717) is 12.2 Å². The lowest BCUT2D eigenvalue weighted by molar-refractivity contribution is -0.143. The van der Waals surface area contributed by atoms with Gasteiger partial charge < -0.3 is 14.7 Å². The maximum atomic E-state index is 12.3. The number of nitrogens with zero attached hydrogens (tertiary/aromatic N) is 2. The SMILES string of the molecule is CCOC(=O)CCN(CC(C)O)C(=O)c1ccncc1. The number of aliphatic hydroxyl groups is 1. The summed E-state index contributed by atoms with van der Waals surface area (Å²) in [6.07, 6.45) is 2.50. The Morgan fingerprint density at radius 2 is 2.05 bits per heavy atom. The van der Waals surface area contributed by atoms with Gasteiger partial charge in [0, 0.05) is 31.0 Å². The number of esters is 1. The van der Waals surface area contributed by atoms with Crippen LogP contribution in [0.4, 0.5) is 0 Å². The fourth-order valence-electron chi connectivity index (χ4n) is 1.73. The van der Waals surface area contributed by atoms with Crippen LogP contribution < -0.4 is 0 Å². The summed E-state index contributed by atoms with van der Waals surface area (Å²) in [7, 11) is 0. The minimum Gasteiger partial charge on any atom is -0.466 e. The highest BCUT2D eigenvalue weighted by Gasteiger charge is 2.18. The van der Waals surface area contributed by atoms with Crippen LogP contribution in [0, 0.1) is 0 Å². The van der Waals surface area contributed by atoms with Gasteiger partial charge >= 0.3 is 5.97 Å². The standard InChI is InChI=1S/C14H20N2O4/c1-3-20-13(18)6-9-16(10-11(2)17)14(19)12-4-7-15-8-5-12/h4-5,7-8,11,17H,3,6,9-10H2,1-2H3. The molecule has 0 aromatic carbocycles. The van der Waals surface area contributed by atoms with Crippen molar-refractivity contribution in [1.29, 1.82) is 0 Å². The average Bonchev–Trinajstić information content (AvgIpc) is 2.43. The maximum absolute atomic E-state index is 12.3. The molecule has 0 saturated carbocycles. The monoisotopic (exact) mass is 280 g/mol. The largest absolute Gasteiger partial charge is 0.466 e. The predicted octanol–water partition coefficient (Wildman–Crippen LogP) is 0.858. The van der Waals surface area contributed by atoms with Gasteiger partial charge in [-0.1, -0.05) is 0 Å². The molecule has 0 fully saturated rings. The maximum Gasteiger partial charge on any atom is 0.307 e. The van der Waals surface area contributed by atoms with Crippen LogP contribution in [0.3, 0.4) is 0 Å². The zero-order valence-corrected chi connectivity index (χ0v) is 11.8. The molecule has 6 nitrogen and oxygen atoms in total. The summed E-state index contributed by atoms with van der Waals surface area (Å²) in [6.45, 7) is 4.02. The van der Waals surface area contributed by atoms with Crippen molar-refractivity contribution in [2.24, 2.45) is 0 Å². The molecule has 110 valence electrons. The van der Waals surface area contributed by atoms with Crippen LogP contribution in [0.2, 0.25) is 0 Å². The first kappa shape index (κ1) is 16.1. The lowest BCUT2D eigenvalue weighted by atomic mass is 10.2. The molecule has 1 aromatic rings. The molecule has 0 bridgehead atoms. The third-order valence-corrected chi connectivity index (χ3v) is 2.59. The van der Waals surface area contributed by atoms with Gasteiger partial charge in [-0.15, -0.1) is 0 Å². The van der Waals surface area contributed by atoms with Crippen molar-refractivity contribution in [2.75, 3.05) is 19.7 Å². The molecule has 0 saturated heterocycles. The smallest absolute Gasteiger partial charge is 0.307 e. The molecular formula is C14H20N2O4. The molecule has 6 heteroatoms. The molecule has 1 amide bonds. The molecular weight excluding hydrogens is 260 g/mol. The second-order valence-corrected chi connectivity index (χ2v) is 4.39. The number of hydrogen-bond donors (Lipinski definition) is 1. The third kappa shape index (κ3) is 5.36. The summed E-state index contributed by atoms with van der Waals surface area (Å²) in [4.78, 5) is 28.9. The first-order chi connectivity index (χ1) is 9.54. The van der Waals surface area contributed by atoms with Gasteiger partial charge in [0.2, 0.25) is 0 Å². The van der Waals surface area contributed by atoms with Crippen LogP contribution >= 0.6 is 0 Å². The lowest BCUT2D eigenvalue weighted by Crippen LogP contribution is -2.38. The predicted molar refractivity (Wildman–Crippen MR) is 73.1 cm³/mol. The van der Waals surface area contributed by atoms with Crippen molar-refractivity contribution in [3.05, 3.63) is 30.1 Å². The molecule has 0 aliphatic heterocycles. The fourth-order valence-corrected chi connectivity index (χ4v) is 1.73. The summed E-state index contributed by atoms with van der Waals surface area (Å²) in [5.74, 6) is -0.594. The van der Waals surface area contributed by atoms with Gasteiger partial charge in [0.05, 0.1) is 19.1 Å². The summed E-state index contributed by atoms with van der Waals surface area (Å²) in [5, 5.41) is 9.46. The lowest BCUT2D eigenvalue weighted by Gasteiger charge is -2.23. The van der Waals surface area contributed by atoms with Crippen molar-refractivity contribution in [1.82, 2.24) is 9.88 Å². The van der Waals surface area contributed by atoms with Crippen LogP contribution in [0.1, 0.15) is 30.6 Å². The molecule has 20 heavy (non-hydrogen) atoms. The number of ether oxygens (including phenoxy) is 1. The van der Waals surface area contributed by atoms with Crippen LogP contribution in [0.15, 0.2) is 24.5 Å². The highest BCUT2D eigenvalue weighted by atomic mass is 16.5. The van der Waals surface area contributed by atoms with E-state index in [1.807, 2.05) is 0 Å². The van der Waals surface area contributed by atoms with Crippen molar-refractivity contribution in [3.63, 3.8) is 0 Å². The highest BCUT2D eigenvalue weighted by molar-refractivity contribution is 5.94. The van der Waals surface area contributed by atoms with Gasteiger partial charge in [0.15, 0.2) is 0 Å². The number of aliphatic hydroxyl groups excluding tert-OH is 1. The Morgan fingerprint density at radius 1 is 1.40 bits per heavy atom. The van der Waals surface area contributed by atoms with Crippen molar-refractivity contribution in [3.8, 4) is 0 Å². The molecule has 1 rings (SSSR count). The molecule has 0 radical (unpaired) electrons. The van der Waals surface area contributed by atoms with Gasteiger partial charge in [0.25, 0.3) is 5.91 Å². The molecule has 1 aromatic heterocycles. The minimum absolute atomic E-state index is 0.109. The Morgan fingerprint density at radius 3 is 2.60 bits per heavy atom. The van der Waals surface area contributed by atoms with Gasteiger partial charge in [-0.05, 0) is 26.0 Å². The Labute approximate surface area is 118 Å². The molecule has 1 unspecified atom stereocenters. The van der Waals surface area contributed by atoms with E-state index in [1.54, 1.807) is 26.0 Å². The number of pyridine rings is 1. The average molecular weight is 280 g/mol. The van der Waals surface area contributed by atoms with E-state index in [9.17, 15) is 14.7 Å². The summed E-state index contributed by atoms with van der Waals surface area (Å²) in [6, 6.07) is 3.20. The van der Waals surface area contributed by atoms with E-state index in [1.165, 1.54) is 17.3 Å². The number of hydrogen-bond acceptors (Lipinski definition) is 5. The Bertz CT molecular complexity index is 434. The molecule has 1 heterocycles. The summed E-state index contributed by atoms with van der Waals surface area (Å²) in [5.41, 5.74) is 0.476. The highest BCUT2D eigenvalue weighted by Crippen LogP contribution is 2.06. The van der Waals surface area contributed by atoms with Crippen LogP contribution in [0.5, 0.6) is 0 Å². The molecule has 0 aliphatic carbocycles. The quantitative estimate of drug-likeness (QED) is 0.749. The van der Waals surface area contributed by atoms with Crippen molar-refractivity contribution < 1.29 is 19.4 Å². The second-order valence-electron chi connectivity index (χ2n) is 4.39. The fraction of sp³-hybridized carbons (Fsp3) is 0.500. The molecule has 0 aliphatic rings. The van der Waals surface area contributed by atoms with Crippen molar-refractivity contribution in [2.45, 2.75) is 26.4 Å². The Kier molecular flexibility index (Phi) is 6.66. The molecule has 0 spiro atoms. The molecule has 1 N–H and O–H groups in total. The first-order valence-corrected chi connectivity index (χ1v) is 6.57. The number of carbonyl (C=O) groups is 2.